The van der Waals surface area contributed by atoms with Crippen molar-refractivity contribution in [2.75, 3.05) is 0 Å². The largest absolute Gasteiger partial charge is 0.479 e. The van der Waals surface area contributed by atoms with Gasteiger partial charge in [-0.1, -0.05) is 15.9 Å². The van der Waals surface area contributed by atoms with E-state index in [1.807, 2.05) is 0 Å². The standard InChI is InChI=1S/C11H9BrO3/c1-11(2)10(14)9(13)7-4-3-6(12)5-8(7)15-11/h3-5H,1-2H3. The van der Waals surface area contributed by atoms with Crippen LogP contribution in [0.2, 0.25) is 0 Å². The lowest BCUT2D eigenvalue weighted by molar-refractivity contribution is -0.128. The van der Waals surface area contributed by atoms with Gasteiger partial charge in [0, 0.05) is 4.47 Å². The Hall–Kier alpha value is -1.16. The van der Waals surface area contributed by atoms with Gasteiger partial charge in [-0.2, -0.15) is 0 Å². The van der Waals surface area contributed by atoms with Gasteiger partial charge < -0.3 is 4.74 Å². The third-order valence-electron chi connectivity index (χ3n) is 2.31. The second-order valence-electron chi connectivity index (χ2n) is 3.91. The number of carbonyl (C=O) groups excluding carboxylic acids is 2. The average Bonchev–Trinajstić information content (AvgIpc) is 2.13. The first-order valence-electron chi connectivity index (χ1n) is 4.49. The molecule has 1 aliphatic heterocycles. The maximum atomic E-state index is 11.7. The first kappa shape index (κ1) is 10.4. The molecule has 2 rings (SSSR count). The Labute approximate surface area is 95.6 Å². The molecule has 0 spiro atoms. The summed E-state index contributed by atoms with van der Waals surface area (Å²) >= 11 is 3.29. The van der Waals surface area contributed by atoms with Crippen LogP contribution in [-0.2, 0) is 4.79 Å². The van der Waals surface area contributed by atoms with Crippen LogP contribution in [0.25, 0.3) is 0 Å². The molecule has 0 saturated heterocycles. The van der Waals surface area contributed by atoms with Gasteiger partial charge in [-0.15, -0.1) is 0 Å². The number of halogens is 1. The van der Waals surface area contributed by atoms with E-state index in [-0.39, 0.29) is 0 Å². The van der Waals surface area contributed by atoms with E-state index in [9.17, 15) is 9.59 Å². The van der Waals surface area contributed by atoms with Crippen molar-refractivity contribution in [1.82, 2.24) is 0 Å². The van der Waals surface area contributed by atoms with Crippen LogP contribution >= 0.6 is 15.9 Å². The van der Waals surface area contributed by atoms with Crippen LogP contribution in [0.15, 0.2) is 22.7 Å². The highest BCUT2D eigenvalue weighted by Crippen LogP contribution is 2.32. The van der Waals surface area contributed by atoms with Gasteiger partial charge in [-0.05, 0) is 32.0 Å². The quantitative estimate of drug-likeness (QED) is 0.679. The van der Waals surface area contributed by atoms with E-state index < -0.39 is 17.2 Å². The SMILES string of the molecule is CC1(C)Oc2cc(Br)ccc2C(=O)C1=O. The van der Waals surface area contributed by atoms with E-state index in [0.717, 1.165) is 4.47 Å². The summed E-state index contributed by atoms with van der Waals surface area (Å²) in [5, 5.41) is 0. The molecule has 3 nitrogen and oxygen atoms in total. The second kappa shape index (κ2) is 3.17. The number of benzene rings is 1. The minimum atomic E-state index is -1.06. The molecule has 15 heavy (non-hydrogen) atoms. The lowest BCUT2D eigenvalue weighted by Crippen LogP contribution is -2.46. The average molecular weight is 269 g/mol. The molecule has 1 aromatic rings. The fraction of sp³-hybridized carbons (Fsp3) is 0.273. The minimum absolute atomic E-state index is 0.336. The van der Waals surface area contributed by atoms with Crippen molar-refractivity contribution in [2.24, 2.45) is 0 Å². The Morgan fingerprint density at radius 3 is 2.60 bits per heavy atom. The summed E-state index contributed by atoms with van der Waals surface area (Å²) in [6.07, 6.45) is 0. The lowest BCUT2D eigenvalue weighted by atomic mass is 9.92. The van der Waals surface area contributed by atoms with Crippen LogP contribution in [0.1, 0.15) is 24.2 Å². The van der Waals surface area contributed by atoms with Crippen LogP contribution in [-0.4, -0.2) is 17.2 Å². The molecule has 0 saturated carbocycles. The molecule has 78 valence electrons. The van der Waals surface area contributed by atoms with Crippen molar-refractivity contribution in [3.63, 3.8) is 0 Å². The first-order chi connectivity index (χ1) is 6.92. The minimum Gasteiger partial charge on any atom is -0.479 e. The van der Waals surface area contributed by atoms with E-state index in [4.69, 9.17) is 4.74 Å². The number of hydrogen-bond donors (Lipinski definition) is 0. The zero-order valence-corrected chi connectivity index (χ0v) is 9.92. The molecule has 0 aromatic heterocycles. The Balaban J connectivity index is 2.60. The lowest BCUT2D eigenvalue weighted by Gasteiger charge is -2.29. The van der Waals surface area contributed by atoms with E-state index in [1.54, 1.807) is 32.0 Å². The monoisotopic (exact) mass is 268 g/mol. The topological polar surface area (TPSA) is 43.4 Å². The van der Waals surface area contributed by atoms with Crippen molar-refractivity contribution in [2.45, 2.75) is 19.4 Å². The summed E-state index contributed by atoms with van der Waals surface area (Å²) in [5.74, 6) is -0.523. The summed E-state index contributed by atoms with van der Waals surface area (Å²) in [7, 11) is 0. The number of ether oxygens (including phenoxy) is 1. The van der Waals surface area contributed by atoms with Crippen molar-refractivity contribution in [1.29, 1.82) is 0 Å². The highest BCUT2D eigenvalue weighted by atomic mass is 79.9. The number of rotatable bonds is 0. The van der Waals surface area contributed by atoms with Crippen LogP contribution in [0.5, 0.6) is 5.75 Å². The molecular weight excluding hydrogens is 260 g/mol. The molecule has 4 heteroatoms. The Morgan fingerprint density at radius 2 is 1.93 bits per heavy atom. The van der Waals surface area contributed by atoms with Gasteiger partial charge in [0.1, 0.15) is 5.75 Å². The van der Waals surface area contributed by atoms with E-state index in [0.29, 0.717) is 11.3 Å². The molecule has 0 bridgehead atoms. The van der Waals surface area contributed by atoms with Crippen LogP contribution in [0.4, 0.5) is 0 Å². The third-order valence-corrected chi connectivity index (χ3v) is 2.80. The van der Waals surface area contributed by atoms with E-state index in [1.165, 1.54) is 0 Å². The normalized spacial score (nSPS) is 18.3. The third kappa shape index (κ3) is 1.59. The molecule has 1 heterocycles. The molecule has 0 N–H and O–H groups in total. The van der Waals surface area contributed by atoms with Gasteiger partial charge in [0.2, 0.25) is 11.6 Å². The number of ketones is 2. The maximum absolute atomic E-state index is 11.7. The molecule has 0 aliphatic carbocycles. The highest BCUT2D eigenvalue weighted by Gasteiger charge is 2.41. The first-order valence-corrected chi connectivity index (χ1v) is 5.29. The molecule has 1 aliphatic rings. The van der Waals surface area contributed by atoms with Crippen molar-refractivity contribution < 1.29 is 14.3 Å². The van der Waals surface area contributed by atoms with E-state index >= 15 is 0 Å². The number of Topliss-reactive ketones (excluding diaryl/α,β-unsaturated/α-hetero) is 2. The summed E-state index contributed by atoms with van der Waals surface area (Å²) in [4.78, 5) is 23.3. The van der Waals surface area contributed by atoms with Crippen molar-refractivity contribution >= 4 is 27.5 Å². The van der Waals surface area contributed by atoms with Gasteiger partial charge >= 0.3 is 0 Å². The molecule has 0 radical (unpaired) electrons. The molecule has 1 aromatic carbocycles. The zero-order chi connectivity index (χ0) is 11.2. The maximum Gasteiger partial charge on any atom is 0.246 e. The highest BCUT2D eigenvalue weighted by molar-refractivity contribution is 9.10. The fourth-order valence-electron chi connectivity index (χ4n) is 1.49. The smallest absolute Gasteiger partial charge is 0.246 e. The summed E-state index contributed by atoms with van der Waals surface area (Å²) in [6.45, 7) is 3.19. The molecular formula is C11H9BrO3. The Bertz CT molecular complexity index is 463. The Kier molecular flexibility index (Phi) is 2.19. The van der Waals surface area contributed by atoms with Crippen LogP contribution < -0.4 is 4.74 Å². The predicted molar refractivity (Wildman–Crippen MR) is 58.2 cm³/mol. The van der Waals surface area contributed by atoms with Crippen LogP contribution in [0.3, 0.4) is 0 Å². The zero-order valence-electron chi connectivity index (χ0n) is 8.33. The van der Waals surface area contributed by atoms with Crippen molar-refractivity contribution in [3.8, 4) is 5.75 Å². The molecule has 0 fully saturated rings. The van der Waals surface area contributed by atoms with Gasteiger partial charge in [-0.25, -0.2) is 0 Å². The number of hydrogen-bond acceptors (Lipinski definition) is 3. The number of carbonyl (C=O) groups is 2. The summed E-state index contributed by atoms with van der Waals surface area (Å²) in [6, 6.07) is 5.00. The fourth-order valence-corrected chi connectivity index (χ4v) is 1.83. The summed E-state index contributed by atoms with van der Waals surface area (Å²) < 4.78 is 6.30. The van der Waals surface area contributed by atoms with Crippen molar-refractivity contribution in [3.05, 3.63) is 28.2 Å². The predicted octanol–water partition coefficient (Wildman–Crippen LogP) is 2.37. The van der Waals surface area contributed by atoms with Crippen LogP contribution in [0, 0.1) is 0 Å². The van der Waals surface area contributed by atoms with Gasteiger partial charge in [0.05, 0.1) is 5.56 Å². The molecule has 0 unspecified atom stereocenters. The van der Waals surface area contributed by atoms with Gasteiger partial charge in [-0.3, -0.25) is 9.59 Å². The Morgan fingerprint density at radius 1 is 1.27 bits per heavy atom. The molecule has 0 atom stereocenters. The molecule has 0 amide bonds. The van der Waals surface area contributed by atoms with E-state index in [2.05, 4.69) is 15.9 Å². The summed E-state index contributed by atoms with van der Waals surface area (Å²) in [5.41, 5.74) is -0.729. The van der Waals surface area contributed by atoms with Gasteiger partial charge in [0.25, 0.3) is 0 Å². The van der Waals surface area contributed by atoms with Gasteiger partial charge in [0.15, 0.2) is 5.60 Å². The second-order valence-corrected chi connectivity index (χ2v) is 4.83. The number of fused-ring (bicyclic) bond motifs is 1.